The fraction of sp³-hybridized carbons (Fsp3) is 0.600. The largest absolute Gasteiger partial charge is 0.378 e. The molecule has 116 valence electrons. The van der Waals surface area contributed by atoms with E-state index in [1.165, 1.54) is 0 Å². The lowest BCUT2D eigenvalue weighted by Crippen LogP contribution is -2.52. The molecule has 2 N–H and O–H groups in total. The normalized spacial score (nSPS) is 19.2. The predicted octanol–water partition coefficient (Wildman–Crippen LogP) is 0.850. The average Bonchev–Trinajstić information content (AvgIpc) is 2.53. The third-order valence-corrected chi connectivity index (χ3v) is 3.52. The molecule has 0 radical (unpaired) electrons. The monoisotopic (exact) mass is 292 g/mol. The molecule has 1 aromatic rings. The van der Waals surface area contributed by atoms with Crippen molar-refractivity contribution < 1.29 is 9.53 Å². The summed E-state index contributed by atoms with van der Waals surface area (Å²) < 4.78 is 5.41. The Balaban J connectivity index is 2.03. The summed E-state index contributed by atoms with van der Waals surface area (Å²) in [5.41, 5.74) is 0.965. The van der Waals surface area contributed by atoms with Gasteiger partial charge in [0.15, 0.2) is 0 Å². The molecule has 0 spiro atoms. The minimum atomic E-state index is -0.238. The minimum absolute atomic E-state index is 0.00466. The van der Waals surface area contributed by atoms with E-state index in [1.54, 1.807) is 7.05 Å². The number of carbonyl (C=O) groups excluding carboxylic acids is 1. The molecule has 1 atom stereocenters. The third-order valence-electron chi connectivity index (χ3n) is 3.52. The highest BCUT2D eigenvalue weighted by molar-refractivity contribution is 5.81. The van der Waals surface area contributed by atoms with Crippen LogP contribution in [0.4, 0.5) is 5.82 Å². The van der Waals surface area contributed by atoms with Crippen LogP contribution in [-0.2, 0) is 16.1 Å². The lowest BCUT2D eigenvalue weighted by molar-refractivity contribution is -0.132. The van der Waals surface area contributed by atoms with Crippen LogP contribution >= 0.6 is 0 Å². The summed E-state index contributed by atoms with van der Waals surface area (Å²) >= 11 is 0. The zero-order chi connectivity index (χ0) is 15.1. The number of amides is 1. The number of hydrogen-bond donors (Lipinski definition) is 2. The van der Waals surface area contributed by atoms with Crippen molar-refractivity contribution in [3.05, 3.63) is 23.9 Å². The van der Waals surface area contributed by atoms with Gasteiger partial charge in [-0.25, -0.2) is 4.98 Å². The molecule has 1 amide bonds. The topological polar surface area (TPSA) is 66.5 Å². The first kappa shape index (κ1) is 15.7. The van der Waals surface area contributed by atoms with E-state index >= 15 is 0 Å². The molecule has 6 nitrogen and oxygen atoms in total. The van der Waals surface area contributed by atoms with Gasteiger partial charge in [0.05, 0.1) is 18.9 Å². The van der Waals surface area contributed by atoms with E-state index in [4.69, 9.17) is 4.74 Å². The van der Waals surface area contributed by atoms with Gasteiger partial charge in [0, 0.05) is 26.7 Å². The Bertz CT molecular complexity index is 467. The highest BCUT2D eigenvalue weighted by Crippen LogP contribution is 2.13. The standard InChI is InChI=1S/C15H24N4O2/c1-3-7-17-14-6-4-5-12(18-14)10-19-8-9-21-11-13(19)15(20)16-2/h4-6,13H,3,7-11H2,1-2H3,(H,16,20)(H,17,18). The highest BCUT2D eigenvalue weighted by Gasteiger charge is 2.28. The molecule has 0 aliphatic carbocycles. The van der Waals surface area contributed by atoms with E-state index < -0.39 is 0 Å². The van der Waals surface area contributed by atoms with Crippen LogP contribution in [-0.4, -0.2) is 55.2 Å². The first-order chi connectivity index (χ1) is 10.2. The number of aromatic nitrogens is 1. The summed E-state index contributed by atoms with van der Waals surface area (Å²) in [4.78, 5) is 18.6. The van der Waals surface area contributed by atoms with Gasteiger partial charge in [-0.15, -0.1) is 0 Å². The van der Waals surface area contributed by atoms with E-state index in [9.17, 15) is 4.79 Å². The Morgan fingerprint density at radius 2 is 2.38 bits per heavy atom. The van der Waals surface area contributed by atoms with Gasteiger partial charge in [-0.05, 0) is 18.6 Å². The van der Waals surface area contributed by atoms with Crippen molar-refractivity contribution in [1.82, 2.24) is 15.2 Å². The number of ether oxygens (including phenoxy) is 1. The highest BCUT2D eigenvalue weighted by atomic mass is 16.5. The summed E-state index contributed by atoms with van der Waals surface area (Å²) in [6.07, 6.45) is 1.06. The number of nitrogens with one attached hydrogen (secondary N) is 2. The third kappa shape index (κ3) is 4.41. The van der Waals surface area contributed by atoms with Gasteiger partial charge in [0.25, 0.3) is 0 Å². The molecular formula is C15H24N4O2. The number of likely N-dealkylation sites (N-methyl/N-ethyl adjacent to an activating group) is 1. The lowest BCUT2D eigenvalue weighted by atomic mass is 10.2. The first-order valence-electron chi connectivity index (χ1n) is 7.47. The summed E-state index contributed by atoms with van der Waals surface area (Å²) in [7, 11) is 1.66. The van der Waals surface area contributed by atoms with Crippen molar-refractivity contribution in [3.63, 3.8) is 0 Å². The van der Waals surface area contributed by atoms with Crippen molar-refractivity contribution in [2.24, 2.45) is 0 Å². The maximum absolute atomic E-state index is 11.9. The van der Waals surface area contributed by atoms with Crippen molar-refractivity contribution in [2.45, 2.75) is 25.9 Å². The van der Waals surface area contributed by atoms with Crippen LogP contribution in [0.1, 0.15) is 19.0 Å². The van der Waals surface area contributed by atoms with Gasteiger partial charge in [0.1, 0.15) is 11.9 Å². The van der Waals surface area contributed by atoms with Crippen LogP contribution in [0.3, 0.4) is 0 Å². The maximum atomic E-state index is 11.9. The quantitative estimate of drug-likeness (QED) is 0.814. The van der Waals surface area contributed by atoms with Crippen LogP contribution in [0.2, 0.25) is 0 Å². The summed E-state index contributed by atoms with van der Waals surface area (Å²) in [5, 5.41) is 5.98. The van der Waals surface area contributed by atoms with Gasteiger partial charge in [-0.1, -0.05) is 13.0 Å². The molecule has 0 bridgehead atoms. The Kier molecular flexibility index (Phi) is 5.95. The van der Waals surface area contributed by atoms with Crippen molar-refractivity contribution in [3.8, 4) is 0 Å². The van der Waals surface area contributed by atoms with Crippen molar-refractivity contribution in [1.29, 1.82) is 0 Å². The Morgan fingerprint density at radius 1 is 1.52 bits per heavy atom. The smallest absolute Gasteiger partial charge is 0.239 e. The molecule has 1 aliphatic rings. The van der Waals surface area contributed by atoms with E-state index in [-0.39, 0.29) is 11.9 Å². The second kappa shape index (κ2) is 7.95. The summed E-state index contributed by atoms with van der Waals surface area (Å²) in [5.74, 6) is 0.883. The van der Waals surface area contributed by atoms with Gasteiger partial charge >= 0.3 is 0 Å². The van der Waals surface area contributed by atoms with Crippen LogP contribution < -0.4 is 10.6 Å². The van der Waals surface area contributed by atoms with Gasteiger partial charge in [-0.3, -0.25) is 9.69 Å². The number of morpholine rings is 1. The Hall–Kier alpha value is -1.66. The van der Waals surface area contributed by atoms with E-state index in [0.29, 0.717) is 19.8 Å². The fourth-order valence-corrected chi connectivity index (χ4v) is 2.36. The lowest BCUT2D eigenvalue weighted by Gasteiger charge is -2.33. The molecule has 2 rings (SSSR count). The van der Waals surface area contributed by atoms with Crippen molar-refractivity contribution in [2.75, 3.05) is 38.7 Å². The van der Waals surface area contributed by atoms with Crippen LogP contribution in [0, 0.1) is 0 Å². The molecule has 0 aromatic carbocycles. The number of anilines is 1. The molecule has 0 saturated carbocycles. The maximum Gasteiger partial charge on any atom is 0.239 e. The van der Waals surface area contributed by atoms with Gasteiger partial charge in [0.2, 0.25) is 5.91 Å². The van der Waals surface area contributed by atoms with Crippen LogP contribution in [0.15, 0.2) is 18.2 Å². The molecular weight excluding hydrogens is 268 g/mol. The van der Waals surface area contributed by atoms with Crippen LogP contribution in [0.5, 0.6) is 0 Å². The van der Waals surface area contributed by atoms with E-state index in [0.717, 1.165) is 31.0 Å². The molecule has 1 fully saturated rings. The Labute approximate surface area is 125 Å². The molecule has 6 heteroatoms. The molecule has 21 heavy (non-hydrogen) atoms. The second-order valence-electron chi connectivity index (χ2n) is 5.12. The molecule has 1 aromatic heterocycles. The second-order valence-corrected chi connectivity index (χ2v) is 5.12. The van der Waals surface area contributed by atoms with Crippen molar-refractivity contribution >= 4 is 11.7 Å². The van der Waals surface area contributed by atoms with E-state index in [2.05, 4.69) is 27.4 Å². The summed E-state index contributed by atoms with van der Waals surface area (Å²) in [6.45, 7) is 5.53. The number of rotatable bonds is 6. The van der Waals surface area contributed by atoms with Gasteiger partial charge < -0.3 is 15.4 Å². The fourth-order valence-electron chi connectivity index (χ4n) is 2.36. The number of hydrogen-bond acceptors (Lipinski definition) is 5. The van der Waals surface area contributed by atoms with E-state index in [1.807, 2.05) is 18.2 Å². The molecule has 1 saturated heterocycles. The number of carbonyl (C=O) groups is 1. The average molecular weight is 292 g/mol. The number of pyridine rings is 1. The molecule has 1 unspecified atom stereocenters. The SMILES string of the molecule is CCCNc1cccc(CN2CCOCC2C(=O)NC)n1. The Morgan fingerprint density at radius 3 is 3.14 bits per heavy atom. The predicted molar refractivity (Wildman–Crippen MR) is 82.1 cm³/mol. The minimum Gasteiger partial charge on any atom is -0.378 e. The molecule has 1 aliphatic heterocycles. The van der Waals surface area contributed by atoms with Gasteiger partial charge in [-0.2, -0.15) is 0 Å². The number of nitrogens with zero attached hydrogens (tertiary/aromatic N) is 2. The first-order valence-corrected chi connectivity index (χ1v) is 7.47. The van der Waals surface area contributed by atoms with Crippen LogP contribution in [0.25, 0.3) is 0 Å². The summed E-state index contributed by atoms with van der Waals surface area (Å²) in [6, 6.07) is 5.72. The molecule has 2 heterocycles. The zero-order valence-electron chi connectivity index (χ0n) is 12.8. The zero-order valence-corrected chi connectivity index (χ0v) is 12.8.